The van der Waals surface area contributed by atoms with Crippen molar-refractivity contribution in [3.8, 4) is 0 Å². The van der Waals surface area contributed by atoms with Crippen molar-refractivity contribution in [1.29, 1.82) is 0 Å². The minimum Gasteiger partial charge on any atom is -0.376 e. The number of hydrogen-bond acceptors (Lipinski definition) is 1. The highest BCUT2D eigenvalue weighted by atomic mass is 15.1. The molecule has 0 N–H and O–H groups in total. The van der Waals surface area contributed by atoms with Crippen LogP contribution in [0.2, 0.25) is 0 Å². The molecule has 1 nitrogen and oxygen atoms in total. The molecule has 0 heterocycles. The van der Waals surface area contributed by atoms with Gasteiger partial charge in [0.2, 0.25) is 0 Å². The number of hydrogen-bond donors (Lipinski definition) is 0. The first kappa shape index (κ1) is 19.5. The van der Waals surface area contributed by atoms with Gasteiger partial charge >= 0.3 is 0 Å². The van der Waals surface area contributed by atoms with E-state index in [1.54, 1.807) is 0 Å². The Morgan fingerprint density at radius 1 is 0.800 bits per heavy atom. The van der Waals surface area contributed by atoms with Crippen LogP contribution in [0.1, 0.15) is 91.9 Å². The molecule has 0 radical (unpaired) electrons. The first-order valence-corrected chi connectivity index (χ1v) is 8.85. The minimum atomic E-state index is 0.577. The number of nitrogens with zero attached hydrogens (tertiary/aromatic N) is 1. The zero-order valence-corrected chi connectivity index (χ0v) is 14.9. The van der Waals surface area contributed by atoms with E-state index in [1.807, 2.05) is 0 Å². The zero-order valence-electron chi connectivity index (χ0n) is 14.9. The van der Waals surface area contributed by atoms with Crippen molar-refractivity contribution in [3.63, 3.8) is 0 Å². The maximum absolute atomic E-state index is 4.18. The standard InChI is InChI=1S/C19H39N/c1-17(2)15-13-11-9-7-8-10-12-14-16-19(5)20(6)18(3)4/h17-18H,5,7-16H2,1-4,6H3. The van der Waals surface area contributed by atoms with Gasteiger partial charge in [-0.1, -0.05) is 71.8 Å². The Balaban J connectivity index is 3.27. The van der Waals surface area contributed by atoms with E-state index in [-0.39, 0.29) is 0 Å². The predicted octanol–water partition coefficient (Wildman–Crippen LogP) is 6.40. The third-order valence-corrected chi connectivity index (χ3v) is 4.27. The van der Waals surface area contributed by atoms with Crippen LogP contribution in [0.25, 0.3) is 0 Å². The molecule has 0 spiro atoms. The van der Waals surface area contributed by atoms with Crippen LogP contribution in [0, 0.1) is 5.92 Å². The van der Waals surface area contributed by atoms with Crippen molar-refractivity contribution in [3.05, 3.63) is 12.3 Å². The Hall–Kier alpha value is -0.460. The molecule has 0 fully saturated rings. The summed E-state index contributed by atoms with van der Waals surface area (Å²) in [5.41, 5.74) is 1.30. The van der Waals surface area contributed by atoms with Crippen molar-refractivity contribution in [2.45, 2.75) is 97.9 Å². The summed E-state index contributed by atoms with van der Waals surface area (Å²) in [6, 6.07) is 0.577. The van der Waals surface area contributed by atoms with Gasteiger partial charge in [0, 0.05) is 18.8 Å². The Morgan fingerprint density at radius 3 is 1.70 bits per heavy atom. The molecule has 0 aliphatic rings. The first-order valence-electron chi connectivity index (χ1n) is 8.85. The average molecular weight is 282 g/mol. The molecule has 0 aromatic rings. The quantitative estimate of drug-likeness (QED) is 0.353. The van der Waals surface area contributed by atoms with Gasteiger partial charge in [-0.2, -0.15) is 0 Å². The summed E-state index contributed by atoms with van der Waals surface area (Å²) in [4.78, 5) is 2.30. The highest BCUT2D eigenvalue weighted by Crippen LogP contribution is 2.16. The van der Waals surface area contributed by atoms with Crippen LogP contribution in [0.5, 0.6) is 0 Å². The van der Waals surface area contributed by atoms with Gasteiger partial charge in [-0.15, -0.1) is 0 Å². The van der Waals surface area contributed by atoms with Crippen LogP contribution in [0.15, 0.2) is 12.3 Å². The van der Waals surface area contributed by atoms with E-state index in [9.17, 15) is 0 Å². The summed E-state index contributed by atoms with van der Waals surface area (Å²) in [5, 5.41) is 0. The molecule has 0 aromatic heterocycles. The summed E-state index contributed by atoms with van der Waals surface area (Å²) in [6.07, 6.45) is 13.8. The maximum atomic E-state index is 4.18. The predicted molar refractivity (Wildman–Crippen MR) is 93.0 cm³/mol. The number of rotatable bonds is 13. The topological polar surface area (TPSA) is 3.24 Å². The molecular weight excluding hydrogens is 242 g/mol. The summed E-state index contributed by atoms with van der Waals surface area (Å²) < 4.78 is 0. The van der Waals surface area contributed by atoms with Crippen molar-refractivity contribution >= 4 is 0 Å². The molecule has 0 saturated heterocycles. The third-order valence-electron chi connectivity index (χ3n) is 4.27. The van der Waals surface area contributed by atoms with E-state index < -0.39 is 0 Å². The largest absolute Gasteiger partial charge is 0.376 e. The number of allylic oxidation sites excluding steroid dienone is 1. The van der Waals surface area contributed by atoms with Crippen LogP contribution in [-0.4, -0.2) is 18.0 Å². The first-order chi connectivity index (χ1) is 9.45. The average Bonchev–Trinajstić information content (AvgIpc) is 2.39. The van der Waals surface area contributed by atoms with E-state index in [0.29, 0.717) is 6.04 Å². The molecule has 0 amide bonds. The van der Waals surface area contributed by atoms with Gasteiger partial charge in [0.15, 0.2) is 0 Å². The van der Waals surface area contributed by atoms with Crippen LogP contribution < -0.4 is 0 Å². The van der Waals surface area contributed by atoms with Crippen molar-refractivity contribution < 1.29 is 0 Å². The van der Waals surface area contributed by atoms with Crippen LogP contribution in [0.3, 0.4) is 0 Å². The van der Waals surface area contributed by atoms with Gasteiger partial charge in [0.1, 0.15) is 0 Å². The van der Waals surface area contributed by atoms with Crippen molar-refractivity contribution in [1.82, 2.24) is 4.90 Å². The molecule has 0 aliphatic heterocycles. The van der Waals surface area contributed by atoms with Crippen LogP contribution in [-0.2, 0) is 0 Å². The van der Waals surface area contributed by atoms with Crippen molar-refractivity contribution in [2.24, 2.45) is 5.92 Å². The van der Waals surface area contributed by atoms with E-state index in [4.69, 9.17) is 0 Å². The fraction of sp³-hybridized carbons (Fsp3) is 0.895. The molecule has 0 unspecified atom stereocenters. The third kappa shape index (κ3) is 11.4. The van der Waals surface area contributed by atoms with E-state index in [0.717, 1.165) is 5.92 Å². The molecule has 120 valence electrons. The summed E-state index contributed by atoms with van der Waals surface area (Å²) in [5.74, 6) is 0.882. The second-order valence-corrected chi connectivity index (χ2v) is 7.03. The van der Waals surface area contributed by atoms with Gasteiger partial charge in [-0.05, 0) is 32.6 Å². The lowest BCUT2D eigenvalue weighted by Gasteiger charge is -2.25. The van der Waals surface area contributed by atoms with Crippen LogP contribution >= 0.6 is 0 Å². The van der Waals surface area contributed by atoms with Gasteiger partial charge in [0.05, 0.1) is 0 Å². The molecule has 20 heavy (non-hydrogen) atoms. The molecule has 0 atom stereocenters. The zero-order chi connectivity index (χ0) is 15.4. The van der Waals surface area contributed by atoms with Crippen molar-refractivity contribution in [2.75, 3.05) is 7.05 Å². The molecule has 0 aliphatic carbocycles. The molecule has 0 rings (SSSR count). The molecule has 1 heteroatoms. The fourth-order valence-electron chi connectivity index (χ4n) is 2.48. The van der Waals surface area contributed by atoms with Gasteiger partial charge in [0.25, 0.3) is 0 Å². The SMILES string of the molecule is C=C(CCCCCCCCCCC(C)C)N(C)C(C)C. The van der Waals surface area contributed by atoms with E-state index in [2.05, 4.69) is 46.2 Å². The van der Waals surface area contributed by atoms with E-state index in [1.165, 1.54) is 69.9 Å². The lowest BCUT2D eigenvalue weighted by atomic mass is 10.0. The normalized spacial score (nSPS) is 11.3. The minimum absolute atomic E-state index is 0.577. The van der Waals surface area contributed by atoms with Crippen LogP contribution in [0.4, 0.5) is 0 Å². The van der Waals surface area contributed by atoms with Gasteiger partial charge < -0.3 is 4.90 Å². The lowest BCUT2D eigenvalue weighted by Crippen LogP contribution is -2.24. The number of unbranched alkanes of at least 4 members (excludes halogenated alkanes) is 7. The summed E-state index contributed by atoms with van der Waals surface area (Å²) >= 11 is 0. The molecule has 0 bridgehead atoms. The molecule has 0 saturated carbocycles. The summed E-state index contributed by atoms with van der Waals surface area (Å²) in [7, 11) is 2.16. The second-order valence-electron chi connectivity index (χ2n) is 7.03. The highest BCUT2D eigenvalue weighted by Gasteiger charge is 2.05. The Labute approximate surface area is 128 Å². The smallest absolute Gasteiger partial charge is 0.0226 e. The van der Waals surface area contributed by atoms with Gasteiger partial charge in [-0.3, -0.25) is 0 Å². The Bertz CT molecular complexity index is 230. The Morgan fingerprint density at radius 2 is 1.25 bits per heavy atom. The monoisotopic (exact) mass is 281 g/mol. The van der Waals surface area contributed by atoms with Gasteiger partial charge in [-0.25, -0.2) is 0 Å². The maximum Gasteiger partial charge on any atom is 0.0226 e. The second kappa shape index (κ2) is 12.3. The fourth-order valence-corrected chi connectivity index (χ4v) is 2.48. The highest BCUT2D eigenvalue weighted by molar-refractivity contribution is 4.93. The Kier molecular flexibility index (Phi) is 12.0. The lowest BCUT2D eigenvalue weighted by molar-refractivity contribution is 0.330. The van der Waals surface area contributed by atoms with E-state index >= 15 is 0 Å². The summed E-state index contributed by atoms with van der Waals surface area (Å²) in [6.45, 7) is 13.3. The molecule has 0 aromatic carbocycles. The molecular formula is C19H39N.